The summed E-state index contributed by atoms with van der Waals surface area (Å²) in [6, 6.07) is 5.54. The van der Waals surface area contributed by atoms with Gasteiger partial charge in [-0.1, -0.05) is 24.2 Å². The number of rotatable bonds is 7. The minimum atomic E-state index is -0.655. The van der Waals surface area contributed by atoms with Crippen molar-refractivity contribution in [3.8, 4) is 0 Å². The van der Waals surface area contributed by atoms with Gasteiger partial charge in [0, 0.05) is 31.1 Å². The van der Waals surface area contributed by atoms with E-state index in [0.29, 0.717) is 43.5 Å². The molecule has 0 aliphatic carbocycles. The van der Waals surface area contributed by atoms with Crippen molar-refractivity contribution in [3.63, 3.8) is 0 Å². The summed E-state index contributed by atoms with van der Waals surface area (Å²) in [6.45, 7) is 3.98. The maximum atomic E-state index is 12.8. The molecule has 0 aromatic heterocycles. The molecule has 2 amide bonds. The van der Waals surface area contributed by atoms with Crippen LogP contribution in [-0.2, 0) is 19.4 Å². The molecular formula is C19H26N4O6. The maximum Gasteiger partial charge on any atom is 0.339 e. The average molecular weight is 406 g/mol. The zero-order chi connectivity index (χ0) is 21.4. The van der Waals surface area contributed by atoms with E-state index in [9.17, 15) is 14.4 Å². The third-order valence-electron chi connectivity index (χ3n) is 4.62. The van der Waals surface area contributed by atoms with Gasteiger partial charge >= 0.3 is 5.97 Å². The standard InChI is InChI=1S/C19H26N4O6/c1-3-16(19(26)23-10-8-15(9-11-23)29-28-12(2)24)21-18(25)14-6-4-13(5-7-14)17(20)22-27/h4-7,15-16,27H,3,8-11H2,1-2H3,(H2,20,22)(H,21,25). The molecule has 1 unspecified atom stereocenters. The molecule has 1 atom stereocenters. The topological polar surface area (TPSA) is 144 Å². The van der Waals surface area contributed by atoms with E-state index in [4.69, 9.17) is 15.8 Å². The first kappa shape index (κ1) is 22.2. The lowest BCUT2D eigenvalue weighted by Gasteiger charge is -2.33. The molecule has 1 aliphatic rings. The Kier molecular flexibility index (Phi) is 7.96. The Morgan fingerprint density at radius 1 is 1.24 bits per heavy atom. The van der Waals surface area contributed by atoms with Crippen LogP contribution in [0.15, 0.2) is 29.4 Å². The van der Waals surface area contributed by atoms with E-state index in [1.807, 2.05) is 6.92 Å². The number of hydrogen-bond donors (Lipinski definition) is 3. The van der Waals surface area contributed by atoms with E-state index in [1.165, 1.54) is 19.1 Å². The van der Waals surface area contributed by atoms with E-state index in [-0.39, 0.29) is 23.8 Å². The number of oxime groups is 1. The quantitative estimate of drug-likeness (QED) is 0.199. The fourth-order valence-corrected chi connectivity index (χ4v) is 2.96. The molecular weight excluding hydrogens is 380 g/mol. The summed E-state index contributed by atoms with van der Waals surface area (Å²) in [4.78, 5) is 47.3. The van der Waals surface area contributed by atoms with Crippen LogP contribution in [0.5, 0.6) is 0 Å². The number of amidine groups is 1. The normalized spacial score (nSPS) is 16.2. The first-order valence-corrected chi connectivity index (χ1v) is 9.37. The average Bonchev–Trinajstić information content (AvgIpc) is 2.75. The second kappa shape index (κ2) is 10.4. The van der Waals surface area contributed by atoms with E-state index in [0.717, 1.165) is 0 Å². The Labute approximate surface area is 168 Å². The van der Waals surface area contributed by atoms with Crippen LogP contribution in [0.4, 0.5) is 0 Å². The molecule has 1 saturated heterocycles. The van der Waals surface area contributed by atoms with Crippen LogP contribution in [0, 0.1) is 0 Å². The van der Waals surface area contributed by atoms with Gasteiger partial charge in [-0.25, -0.2) is 4.79 Å². The number of amides is 2. The van der Waals surface area contributed by atoms with Crippen molar-refractivity contribution in [1.29, 1.82) is 0 Å². The van der Waals surface area contributed by atoms with Gasteiger partial charge in [0.25, 0.3) is 5.91 Å². The third-order valence-corrected chi connectivity index (χ3v) is 4.62. The monoisotopic (exact) mass is 406 g/mol. The van der Waals surface area contributed by atoms with Crippen molar-refractivity contribution in [1.82, 2.24) is 10.2 Å². The second-order valence-electron chi connectivity index (χ2n) is 6.69. The number of nitrogens with zero attached hydrogens (tertiary/aromatic N) is 2. The van der Waals surface area contributed by atoms with Crippen LogP contribution in [0.3, 0.4) is 0 Å². The van der Waals surface area contributed by atoms with E-state index in [2.05, 4.69) is 15.4 Å². The summed E-state index contributed by atoms with van der Waals surface area (Å²) >= 11 is 0. The van der Waals surface area contributed by atoms with E-state index >= 15 is 0 Å². The molecule has 29 heavy (non-hydrogen) atoms. The summed E-state index contributed by atoms with van der Waals surface area (Å²) in [5.74, 6) is -1.12. The van der Waals surface area contributed by atoms with Gasteiger partial charge < -0.3 is 21.2 Å². The minimum absolute atomic E-state index is 0.0559. The number of carbonyl (C=O) groups is 3. The van der Waals surface area contributed by atoms with Crippen molar-refractivity contribution in [3.05, 3.63) is 35.4 Å². The van der Waals surface area contributed by atoms with Crippen molar-refractivity contribution in [2.45, 2.75) is 45.3 Å². The molecule has 0 radical (unpaired) electrons. The summed E-state index contributed by atoms with van der Waals surface area (Å²) < 4.78 is 0. The highest BCUT2D eigenvalue weighted by molar-refractivity contribution is 6.00. The number of piperidine rings is 1. The minimum Gasteiger partial charge on any atom is -0.409 e. The summed E-state index contributed by atoms with van der Waals surface area (Å²) in [5, 5.41) is 14.3. The predicted molar refractivity (Wildman–Crippen MR) is 103 cm³/mol. The molecule has 1 aromatic rings. The van der Waals surface area contributed by atoms with Gasteiger partial charge in [0.05, 0.1) is 0 Å². The number of likely N-dealkylation sites (tertiary alicyclic amines) is 1. The molecule has 1 fully saturated rings. The van der Waals surface area contributed by atoms with Crippen molar-refractivity contribution in [2.24, 2.45) is 10.9 Å². The van der Waals surface area contributed by atoms with Gasteiger partial charge in [0.15, 0.2) is 5.84 Å². The van der Waals surface area contributed by atoms with Gasteiger partial charge in [0.2, 0.25) is 5.91 Å². The number of benzene rings is 1. The van der Waals surface area contributed by atoms with Crippen LogP contribution >= 0.6 is 0 Å². The molecule has 158 valence electrons. The molecule has 0 saturated carbocycles. The predicted octanol–water partition coefficient (Wildman–Crippen LogP) is 0.775. The molecule has 0 spiro atoms. The molecule has 1 heterocycles. The highest BCUT2D eigenvalue weighted by atomic mass is 17.2. The Morgan fingerprint density at radius 3 is 2.34 bits per heavy atom. The molecule has 10 heteroatoms. The molecule has 1 aromatic carbocycles. The SMILES string of the molecule is CCC(NC(=O)c1ccc(/C(N)=N\O)cc1)C(=O)N1CCC(OOC(C)=O)CC1. The van der Waals surface area contributed by atoms with Gasteiger partial charge in [-0.3, -0.25) is 14.5 Å². The lowest BCUT2D eigenvalue weighted by atomic mass is 10.1. The lowest BCUT2D eigenvalue weighted by molar-refractivity contribution is -0.301. The van der Waals surface area contributed by atoms with Crippen molar-refractivity contribution >= 4 is 23.6 Å². The Balaban J connectivity index is 1.91. The lowest BCUT2D eigenvalue weighted by Crippen LogP contribution is -2.51. The van der Waals surface area contributed by atoms with Gasteiger partial charge in [-0.15, -0.1) is 0 Å². The molecule has 4 N–H and O–H groups in total. The zero-order valence-corrected chi connectivity index (χ0v) is 16.5. The molecule has 1 aliphatic heterocycles. The fourth-order valence-electron chi connectivity index (χ4n) is 2.96. The van der Waals surface area contributed by atoms with Crippen molar-refractivity contribution < 1.29 is 29.4 Å². The first-order valence-electron chi connectivity index (χ1n) is 9.37. The maximum absolute atomic E-state index is 12.8. The summed E-state index contributed by atoms with van der Waals surface area (Å²) in [7, 11) is 0. The summed E-state index contributed by atoms with van der Waals surface area (Å²) in [6.07, 6.45) is 1.28. The molecule has 10 nitrogen and oxygen atoms in total. The first-order chi connectivity index (χ1) is 13.8. The zero-order valence-electron chi connectivity index (χ0n) is 16.5. The molecule has 0 bridgehead atoms. The second-order valence-corrected chi connectivity index (χ2v) is 6.69. The van der Waals surface area contributed by atoms with Crippen LogP contribution in [-0.4, -0.2) is 59.0 Å². The number of nitrogens with two attached hydrogens (primary N) is 1. The summed E-state index contributed by atoms with van der Waals surface area (Å²) in [5.41, 5.74) is 6.34. The van der Waals surface area contributed by atoms with Crippen molar-refractivity contribution in [2.75, 3.05) is 13.1 Å². The molecule has 2 rings (SSSR count). The largest absolute Gasteiger partial charge is 0.409 e. The van der Waals surface area contributed by atoms with Crippen LogP contribution < -0.4 is 11.1 Å². The number of carbonyl (C=O) groups excluding carboxylic acids is 3. The van der Waals surface area contributed by atoms with Gasteiger partial charge in [-0.05, 0) is 31.4 Å². The van der Waals surface area contributed by atoms with E-state index < -0.39 is 12.0 Å². The smallest absolute Gasteiger partial charge is 0.339 e. The fraction of sp³-hybridized carbons (Fsp3) is 0.474. The Bertz CT molecular complexity index is 756. The Hall–Kier alpha value is -3.14. The number of hydrogen-bond acceptors (Lipinski definition) is 7. The highest BCUT2D eigenvalue weighted by Gasteiger charge is 2.29. The highest BCUT2D eigenvalue weighted by Crippen LogP contribution is 2.16. The van der Waals surface area contributed by atoms with E-state index in [1.54, 1.807) is 17.0 Å². The Morgan fingerprint density at radius 2 is 1.83 bits per heavy atom. The number of nitrogens with one attached hydrogen (secondary N) is 1. The van der Waals surface area contributed by atoms with Crippen LogP contribution in [0.2, 0.25) is 0 Å². The van der Waals surface area contributed by atoms with Crippen LogP contribution in [0.1, 0.15) is 49.0 Å². The third kappa shape index (κ3) is 6.18. The van der Waals surface area contributed by atoms with Gasteiger partial charge in [-0.2, -0.15) is 4.89 Å². The van der Waals surface area contributed by atoms with Gasteiger partial charge in [0.1, 0.15) is 12.1 Å². The van der Waals surface area contributed by atoms with Crippen LogP contribution in [0.25, 0.3) is 0 Å².